The molecule has 5 atom stereocenters. The molecule has 1 aromatic rings. The molecule has 0 bridgehead atoms. The summed E-state index contributed by atoms with van der Waals surface area (Å²) in [6.45, 7) is 3.91. The van der Waals surface area contributed by atoms with E-state index in [1.165, 1.54) is 12.5 Å². The molecule has 3 amide bonds. The van der Waals surface area contributed by atoms with Crippen LogP contribution in [0.25, 0.3) is 0 Å². The summed E-state index contributed by atoms with van der Waals surface area (Å²) in [7, 11) is 0. The maximum atomic E-state index is 13.2. The van der Waals surface area contributed by atoms with Gasteiger partial charge in [0, 0.05) is 24.7 Å². The standard InChI is InChI=1S/C23H39N7O7/c1-3-13(2)19(30-20(33)15(25)10-14-11-26-12-27-14)22(35)28-16(7-8-18(31)32)21(34)29-17(23(36)37)6-4-5-9-24/h11-13,15-17,19H,3-10,24-25H2,1-2H3,(H,26,27)(H,28,35)(H,29,34)(H,30,33)(H,31,32)(H,36,37). The van der Waals surface area contributed by atoms with Gasteiger partial charge in [0.1, 0.15) is 18.1 Å². The van der Waals surface area contributed by atoms with Crippen molar-refractivity contribution >= 4 is 29.7 Å². The quantitative estimate of drug-likeness (QED) is 0.107. The first-order valence-corrected chi connectivity index (χ1v) is 12.3. The van der Waals surface area contributed by atoms with Gasteiger partial charge in [0.05, 0.1) is 12.4 Å². The Labute approximate surface area is 215 Å². The molecule has 10 N–H and O–H groups in total. The number of hydrogen-bond acceptors (Lipinski definition) is 8. The number of unbranched alkanes of at least 4 members (excludes halogenated alkanes) is 1. The molecule has 0 spiro atoms. The third-order valence-corrected chi connectivity index (χ3v) is 5.97. The van der Waals surface area contributed by atoms with Gasteiger partial charge in [-0.15, -0.1) is 0 Å². The predicted octanol–water partition coefficient (Wildman–Crippen LogP) is -1.14. The molecule has 1 rings (SSSR count). The van der Waals surface area contributed by atoms with Gasteiger partial charge in [0.25, 0.3) is 0 Å². The maximum absolute atomic E-state index is 13.2. The van der Waals surface area contributed by atoms with Crippen molar-refractivity contribution in [2.45, 2.75) is 83.0 Å². The van der Waals surface area contributed by atoms with E-state index in [0.29, 0.717) is 31.5 Å². The van der Waals surface area contributed by atoms with E-state index in [4.69, 9.17) is 16.6 Å². The molecule has 0 aliphatic rings. The minimum atomic E-state index is -1.33. The Morgan fingerprint density at radius 3 is 2.22 bits per heavy atom. The minimum Gasteiger partial charge on any atom is -0.481 e. The number of imidazole rings is 1. The summed E-state index contributed by atoms with van der Waals surface area (Å²) in [5.74, 6) is -4.94. The van der Waals surface area contributed by atoms with Crippen LogP contribution in [0, 0.1) is 5.92 Å². The average Bonchev–Trinajstić information content (AvgIpc) is 3.36. The van der Waals surface area contributed by atoms with Crippen LogP contribution in [0.1, 0.15) is 58.1 Å². The van der Waals surface area contributed by atoms with E-state index >= 15 is 0 Å². The summed E-state index contributed by atoms with van der Waals surface area (Å²) in [5.41, 5.74) is 12.0. The van der Waals surface area contributed by atoms with Gasteiger partial charge in [-0.05, 0) is 38.1 Å². The Kier molecular flexibility index (Phi) is 13.9. The smallest absolute Gasteiger partial charge is 0.326 e. The predicted molar refractivity (Wildman–Crippen MR) is 133 cm³/mol. The molecule has 208 valence electrons. The van der Waals surface area contributed by atoms with Gasteiger partial charge in [0.2, 0.25) is 17.7 Å². The molecule has 14 heteroatoms. The van der Waals surface area contributed by atoms with E-state index in [9.17, 15) is 29.1 Å². The first kappa shape index (κ1) is 31.5. The highest BCUT2D eigenvalue weighted by Crippen LogP contribution is 2.11. The third-order valence-electron chi connectivity index (χ3n) is 5.97. The van der Waals surface area contributed by atoms with Gasteiger partial charge in [-0.2, -0.15) is 0 Å². The minimum absolute atomic E-state index is 0.123. The van der Waals surface area contributed by atoms with E-state index in [0.717, 1.165) is 0 Å². The molecule has 0 aromatic carbocycles. The van der Waals surface area contributed by atoms with Crippen molar-refractivity contribution in [2.75, 3.05) is 6.54 Å². The highest BCUT2D eigenvalue weighted by molar-refractivity contribution is 5.94. The number of aromatic nitrogens is 2. The second kappa shape index (κ2) is 16.3. The number of carbonyl (C=O) groups is 5. The molecule has 1 aromatic heterocycles. The number of nitrogens with two attached hydrogens (primary N) is 2. The fraction of sp³-hybridized carbons (Fsp3) is 0.652. The van der Waals surface area contributed by atoms with E-state index in [1.807, 2.05) is 6.92 Å². The summed E-state index contributed by atoms with van der Waals surface area (Å²) in [4.78, 5) is 68.2. The molecule has 37 heavy (non-hydrogen) atoms. The third kappa shape index (κ3) is 11.4. The second-order valence-electron chi connectivity index (χ2n) is 8.94. The van der Waals surface area contributed by atoms with E-state index in [2.05, 4.69) is 25.9 Å². The molecule has 0 radical (unpaired) electrons. The number of amides is 3. The number of hydrogen-bond donors (Lipinski definition) is 8. The lowest BCUT2D eigenvalue weighted by atomic mass is 9.96. The van der Waals surface area contributed by atoms with Crippen molar-refractivity contribution in [3.63, 3.8) is 0 Å². The lowest BCUT2D eigenvalue weighted by Gasteiger charge is -2.28. The molecule has 0 saturated heterocycles. The van der Waals surface area contributed by atoms with Crippen LogP contribution in [0.3, 0.4) is 0 Å². The Hall–Kier alpha value is -3.52. The fourth-order valence-electron chi connectivity index (χ4n) is 3.51. The van der Waals surface area contributed by atoms with Crippen LogP contribution >= 0.6 is 0 Å². The topological polar surface area (TPSA) is 243 Å². The maximum Gasteiger partial charge on any atom is 0.326 e. The number of carboxylic acids is 2. The Morgan fingerprint density at radius 1 is 1.00 bits per heavy atom. The average molecular weight is 526 g/mol. The number of aliphatic carboxylic acids is 2. The number of nitrogens with zero attached hydrogens (tertiary/aromatic N) is 1. The van der Waals surface area contributed by atoms with Crippen LogP contribution in [-0.2, 0) is 30.4 Å². The summed E-state index contributed by atoms with van der Waals surface area (Å²) in [6, 6.07) is -4.60. The zero-order valence-corrected chi connectivity index (χ0v) is 21.2. The van der Waals surface area contributed by atoms with Crippen LogP contribution in [0.4, 0.5) is 0 Å². The molecule has 1 heterocycles. The summed E-state index contributed by atoms with van der Waals surface area (Å²) < 4.78 is 0. The number of carboxylic acid groups (broad SMARTS) is 2. The highest BCUT2D eigenvalue weighted by Gasteiger charge is 2.32. The largest absolute Gasteiger partial charge is 0.481 e. The van der Waals surface area contributed by atoms with E-state index in [-0.39, 0.29) is 25.2 Å². The number of rotatable bonds is 18. The summed E-state index contributed by atoms with van der Waals surface area (Å²) >= 11 is 0. The van der Waals surface area contributed by atoms with Crippen molar-refractivity contribution in [1.29, 1.82) is 0 Å². The van der Waals surface area contributed by atoms with Gasteiger partial charge in [0.15, 0.2) is 0 Å². The highest BCUT2D eigenvalue weighted by atomic mass is 16.4. The van der Waals surface area contributed by atoms with Gasteiger partial charge in [-0.25, -0.2) is 9.78 Å². The van der Waals surface area contributed by atoms with E-state index in [1.54, 1.807) is 6.92 Å². The molecule has 0 fully saturated rings. The molecule has 0 aliphatic carbocycles. The number of H-pyrrole nitrogens is 1. The first-order chi connectivity index (χ1) is 17.5. The van der Waals surface area contributed by atoms with Crippen LogP contribution in [0.5, 0.6) is 0 Å². The Morgan fingerprint density at radius 2 is 1.68 bits per heavy atom. The zero-order chi connectivity index (χ0) is 28.0. The molecule has 0 saturated carbocycles. The van der Waals surface area contributed by atoms with Gasteiger partial charge >= 0.3 is 11.9 Å². The number of aromatic amines is 1. The van der Waals surface area contributed by atoms with Crippen LogP contribution in [0.2, 0.25) is 0 Å². The van der Waals surface area contributed by atoms with Crippen molar-refractivity contribution in [3.8, 4) is 0 Å². The molecule has 5 unspecified atom stereocenters. The van der Waals surface area contributed by atoms with Gasteiger partial charge < -0.3 is 42.6 Å². The number of nitrogens with one attached hydrogen (secondary N) is 4. The molecule has 0 aliphatic heterocycles. The van der Waals surface area contributed by atoms with E-state index < -0.39 is 60.2 Å². The molecule has 14 nitrogen and oxygen atoms in total. The van der Waals surface area contributed by atoms with Crippen LogP contribution in [0.15, 0.2) is 12.5 Å². The van der Waals surface area contributed by atoms with Crippen molar-refractivity contribution in [3.05, 3.63) is 18.2 Å². The summed E-state index contributed by atoms with van der Waals surface area (Å²) in [6.07, 6.45) is 4.06. The normalized spacial score (nSPS) is 15.0. The summed E-state index contributed by atoms with van der Waals surface area (Å²) in [5, 5.41) is 26.0. The number of carbonyl (C=O) groups excluding carboxylic acids is 3. The molecular formula is C23H39N7O7. The monoisotopic (exact) mass is 525 g/mol. The molecular weight excluding hydrogens is 486 g/mol. The second-order valence-corrected chi connectivity index (χ2v) is 8.94. The lowest BCUT2D eigenvalue weighted by Crippen LogP contribution is -2.58. The Balaban J connectivity index is 2.97. The SMILES string of the molecule is CCC(C)C(NC(=O)C(N)Cc1cnc[nH]1)C(=O)NC(CCC(=O)O)C(=O)NC(CCCCN)C(=O)O. The van der Waals surface area contributed by atoms with Crippen molar-refractivity contribution < 1.29 is 34.2 Å². The van der Waals surface area contributed by atoms with Gasteiger partial charge in [-0.1, -0.05) is 20.3 Å². The Bertz CT molecular complexity index is 894. The zero-order valence-electron chi connectivity index (χ0n) is 21.2. The van der Waals surface area contributed by atoms with Crippen molar-refractivity contribution in [2.24, 2.45) is 17.4 Å². The van der Waals surface area contributed by atoms with Crippen molar-refractivity contribution in [1.82, 2.24) is 25.9 Å². The first-order valence-electron chi connectivity index (χ1n) is 12.3. The lowest BCUT2D eigenvalue weighted by molar-refractivity contribution is -0.143. The fourth-order valence-corrected chi connectivity index (χ4v) is 3.51. The van der Waals surface area contributed by atoms with Gasteiger partial charge in [-0.3, -0.25) is 19.2 Å². The van der Waals surface area contributed by atoms with Crippen LogP contribution < -0.4 is 27.4 Å². The van der Waals surface area contributed by atoms with Crippen LogP contribution in [-0.4, -0.2) is 80.6 Å².